The van der Waals surface area contributed by atoms with Crippen LogP contribution in [0.1, 0.15) is 5.56 Å². The second-order valence-electron chi connectivity index (χ2n) is 6.13. The highest BCUT2D eigenvalue weighted by Crippen LogP contribution is 2.18. The van der Waals surface area contributed by atoms with Crippen LogP contribution < -0.4 is 0 Å². The lowest BCUT2D eigenvalue weighted by atomic mass is 10.1. The second kappa shape index (κ2) is 7.15. The van der Waals surface area contributed by atoms with Crippen molar-refractivity contribution in [3.8, 4) is 0 Å². The third-order valence-corrected chi connectivity index (χ3v) is 4.04. The molecule has 6 heteroatoms. The SMILES string of the molecule is CN1CCN(Cc2c(F)cccc2F)CC(C(=O)N(C)C)C1. The number of hydrogen-bond acceptors (Lipinski definition) is 3. The first-order valence-electron chi connectivity index (χ1n) is 7.43. The van der Waals surface area contributed by atoms with E-state index in [2.05, 4.69) is 4.90 Å². The summed E-state index contributed by atoms with van der Waals surface area (Å²) >= 11 is 0. The van der Waals surface area contributed by atoms with Gasteiger partial charge in [0.1, 0.15) is 11.6 Å². The minimum atomic E-state index is -0.534. The van der Waals surface area contributed by atoms with Gasteiger partial charge in [-0.15, -0.1) is 0 Å². The van der Waals surface area contributed by atoms with Crippen LogP contribution in [0.15, 0.2) is 18.2 Å². The van der Waals surface area contributed by atoms with Crippen molar-refractivity contribution < 1.29 is 13.6 Å². The van der Waals surface area contributed by atoms with Crippen molar-refractivity contribution in [3.63, 3.8) is 0 Å². The molecule has 1 fully saturated rings. The van der Waals surface area contributed by atoms with E-state index in [1.54, 1.807) is 19.0 Å². The zero-order valence-corrected chi connectivity index (χ0v) is 13.4. The predicted molar refractivity (Wildman–Crippen MR) is 81.3 cm³/mol. The summed E-state index contributed by atoms with van der Waals surface area (Å²) in [6.07, 6.45) is 0. The minimum absolute atomic E-state index is 0.0488. The highest BCUT2D eigenvalue weighted by molar-refractivity contribution is 5.78. The number of nitrogens with zero attached hydrogens (tertiary/aromatic N) is 3. The van der Waals surface area contributed by atoms with E-state index < -0.39 is 11.6 Å². The van der Waals surface area contributed by atoms with Gasteiger partial charge in [-0.1, -0.05) is 6.07 Å². The van der Waals surface area contributed by atoms with E-state index in [0.29, 0.717) is 19.6 Å². The van der Waals surface area contributed by atoms with Crippen LogP contribution in [-0.4, -0.2) is 67.9 Å². The number of amides is 1. The van der Waals surface area contributed by atoms with Crippen LogP contribution in [0.2, 0.25) is 0 Å². The molecule has 22 heavy (non-hydrogen) atoms. The summed E-state index contributed by atoms with van der Waals surface area (Å²) in [5.74, 6) is -1.20. The Morgan fingerprint density at radius 1 is 1.23 bits per heavy atom. The van der Waals surface area contributed by atoms with Crippen LogP contribution in [0.3, 0.4) is 0 Å². The molecule has 0 aromatic heterocycles. The molecule has 1 aromatic rings. The molecule has 1 aromatic carbocycles. The Labute approximate surface area is 130 Å². The molecule has 0 N–H and O–H groups in total. The van der Waals surface area contributed by atoms with Crippen molar-refractivity contribution in [2.45, 2.75) is 6.54 Å². The fourth-order valence-corrected chi connectivity index (χ4v) is 2.81. The average molecular weight is 311 g/mol. The van der Waals surface area contributed by atoms with Crippen LogP contribution in [0.5, 0.6) is 0 Å². The highest BCUT2D eigenvalue weighted by atomic mass is 19.1. The summed E-state index contributed by atoms with van der Waals surface area (Å²) in [5.41, 5.74) is 0.0723. The number of carbonyl (C=O) groups excluding carboxylic acids is 1. The van der Waals surface area contributed by atoms with Crippen LogP contribution >= 0.6 is 0 Å². The molecule has 1 atom stereocenters. The topological polar surface area (TPSA) is 26.8 Å². The van der Waals surface area contributed by atoms with Gasteiger partial charge < -0.3 is 9.80 Å². The molecule has 0 bridgehead atoms. The molecule has 122 valence electrons. The lowest BCUT2D eigenvalue weighted by Gasteiger charge is -2.25. The first-order chi connectivity index (χ1) is 10.4. The monoisotopic (exact) mass is 311 g/mol. The number of halogens is 2. The van der Waals surface area contributed by atoms with Gasteiger partial charge in [0.15, 0.2) is 0 Å². The van der Waals surface area contributed by atoms with Crippen LogP contribution in [-0.2, 0) is 11.3 Å². The molecule has 1 aliphatic heterocycles. The van der Waals surface area contributed by atoms with Gasteiger partial charge in [0.25, 0.3) is 0 Å². The number of rotatable bonds is 3. The van der Waals surface area contributed by atoms with E-state index in [-0.39, 0.29) is 23.9 Å². The van der Waals surface area contributed by atoms with Gasteiger partial charge in [0.05, 0.1) is 5.92 Å². The molecule has 0 aliphatic carbocycles. The maximum Gasteiger partial charge on any atom is 0.227 e. The summed E-state index contributed by atoms with van der Waals surface area (Å²) in [7, 11) is 5.42. The van der Waals surface area contributed by atoms with Crippen molar-refractivity contribution in [3.05, 3.63) is 35.4 Å². The Bertz CT molecular complexity index is 516. The minimum Gasteiger partial charge on any atom is -0.348 e. The molecular weight excluding hydrogens is 288 g/mol. The molecule has 0 radical (unpaired) electrons. The van der Waals surface area contributed by atoms with Crippen LogP contribution in [0, 0.1) is 17.6 Å². The van der Waals surface area contributed by atoms with Crippen molar-refractivity contribution in [1.29, 1.82) is 0 Å². The highest BCUT2D eigenvalue weighted by Gasteiger charge is 2.28. The fourth-order valence-electron chi connectivity index (χ4n) is 2.81. The first kappa shape index (κ1) is 16.8. The second-order valence-corrected chi connectivity index (χ2v) is 6.13. The molecular formula is C16H23F2N3O. The molecule has 1 aliphatic rings. The summed E-state index contributed by atoms with van der Waals surface area (Å²) in [6, 6.07) is 3.90. The zero-order chi connectivity index (χ0) is 16.3. The number of carbonyl (C=O) groups is 1. The summed E-state index contributed by atoms with van der Waals surface area (Å²) in [6.45, 7) is 2.81. The molecule has 1 heterocycles. The lowest BCUT2D eigenvalue weighted by molar-refractivity contribution is -0.133. The summed E-state index contributed by atoms with van der Waals surface area (Å²) in [4.78, 5) is 17.9. The molecule has 1 unspecified atom stereocenters. The quantitative estimate of drug-likeness (QED) is 0.845. The third-order valence-electron chi connectivity index (χ3n) is 4.04. The maximum atomic E-state index is 13.8. The van der Waals surface area contributed by atoms with Gasteiger partial charge in [-0.05, 0) is 19.2 Å². The van der Waals surface area contributed by atoms with Gasteiger partial charge in [0.2, 0.25) is 5.91 Å². The number of hydrogen-bond donors (Lipinski definition) is 0. The summed E-state index contributed by atoms with van der Waals surface area (Å²) < 4.78 is 27.6. The van der Waals surface area contributed by atoms with E-state index in [1.807, 2.05) is 11.9 Å². The standard InChI is InChI=1S/C16H23F2N3O/c1-19(2)16(22)12-9-20(3)7-8-21(10-12)11-13-14(17)5-4-6-15(13)18/h4-6,12H,7-11H2,1-3H3. The number of likely N-dealkylation sites (N-methyl/N-ethyl adjacent to an activating group) is 1. The third kappa shape index (κ3) is 4.01. The van der Waals surface area contributed by atoms with Gasteiger partial charge in [-0.3, -0.25) is 9.69 Å². The van der Waals surface area contributed by atoms with E-state index in [0.717, 1.165) is 6.54 Å². The van der Waals surface area contributed by atoms with Gasteiger partial charge in [-0.2, -0.15) is 0 Å². The Balaban J connectivity index is 2.14. The smallest absolute Gasteiger partial charge is 0.227 e. The molecule has 4 nitrogen and oxygen atoms in total. The van der Waals surface area contributed by atoms with Gasteiger partial charge in [-0.25, -0.2) is 8.78 Å². The molecule has 0 saturated carbocycles. The lowest BCUT2D eigenvalue weighted by Crippen LogP contribution is -2.40. The zero-order valence-electron chi connectivity index (χ0n) is 13.4. The largest absolute Gasteiger partial charge is 0.348 e. The molecule has 2 rings (SSSR count). The van der Waals surface area contributed by atoms with E-state index in [9.17, 15) is 13.6 Å². The van der Waals surface area contributed by atoms with Gasteiger partial charge in [0, 0.05) is 52.4 Å². The Morgan fingerprint density at radius 2 is 1.86 bits per heavy atom. The predicted octanol–water partition coefficient (Wildman–Crippen LogP) is 1.42. The Kier molecular flexibility index (Phi) is 5.47. The van der Waals surface area contributed by atoms with Gasteiger partial charge >= 0.3 is 0 Å². The van der Waals surface area contributed by atoms with E-state index in [4.69, 9.17) is 0 Å². The molecule has 1 saturated heterocycles. The van der Waals surface area contributed by atoms with Crippen LogP contribution in [0.25, 0.3) is 0 Å². The van der Waals surface area contributed by atoms with E-state index >= 15 is 0 Å². The normalized spacial score (nSPS) is 20.7. The Hall–Kier alpha value is -1.53. The van der Waals surface area contributed by atoms with Crippen molar-refractivity contribution >= 4 is 5.91 Å². The van der Waals surface area contributed by atoms with Crippen molar-refractivity contribution in [2.75, 3.05) is 47.3 Å². The number of benzene rings is 1. The summed E-state index contributed by atoms with van der Waals surface area (Å²) in [5, 5.41) is 0. The average Bonchev–Trinajstić information content (AvgIpc) is 2.64. The Morgan fingerprint density at radius 3 is 2.45 bits per heavy atom. The van der Waals surface area contributed by atoms with Crippen molar-refractivity contribution in [1.82, 2.24) is 14.7 Å². The van der Waals surface area contributed by atoms with E-state index in [1.165, 1.54) is 18.2 Å². The molecule has 1 amide bonds. The first-order valence-corrected chi connectivity index (χ1v) is 7.43. The maximum absolute atomic E-state index is 13.8. The van der Waals surface area contributed by atoms with Crippen molar-refractivity contribution in [2.24, 2.45) is 5.92 Å². The van der Waals surface area contributed by atoms with Crippen LogP contribution in [0.4, 0.5) is 8.78 Å². The fraction of sp³-hybridized carbons (Fsp3) is 0.562. The molecule has 0 spiro atoms.